The molecule has 2 atom stereocenters. The van der Waals surface area contributed by atoms with E-state index < -0.39 is 24.0 Å². The number of carboxylic acid groups (broad SMARTS) is 1. The summed E-state index contributed by atoms with van der Waals surface area (Å²) >= 11 is 0. The fraction of sp³-hybridized carbons (Fsp3) is 0.167. The third-order valence-corrected chi connectivity index (χ3v) is 7.76. The highest BCUT2D eigenvalue weighted by Crippen LogP contribution is 2.36. The molecule has 0 aliphatic carbocycles. The number of carbonyl (C=O) groups is 2. The lowest BCUT2D eigenvalue weighted by atomic mass is 9.90. The third-order valence-electron chi connectivity index (χ3n) is 7.76. The fourth-order valence-corrected chi connectivity index (χ4v) is 5.55. The Balaban J connectivity index is 1.33. The molecule has 0 radical (unpaired) electrons. The van der Waals surface area contributed by atoms with Gasteiger partial charge in [-0.2, -0.15) is 0 Å². The first kappa shape index (κ1) is 27.1. The van der Waals surface area contributed by atoms with Crippen LogP contribution in [0.4, 0.5) is 0 Å². The van der Waals surface area contributed by atoms with Gasteiger partial charge in [-0.05, 0) is 46.5 Å². The van der Waals surface area contributed by atoms with Gasteiger partial charge >= 0.3 is 5.97 Å². The predicted molar refractivity (Wildman–Crippen MR) is 161 cm³/mol. The van der Waals surface area contributed by atoms with E-state index in [1.165, 1.54) is 4.90 Å². The number of ether oxygens (including phenoxy) is 2. The maximum Gasteiger partial charge on any atom is 0.326 e. The Morgan fingerprint density at radius 2 is 1.55 bits per heavy atom. The Labute approximate surface area is 244 Å². The molecule has 2 unspecified atom stereocenters. The molecule has 0 aromatic heterocycles. The molecule has 6 nitrogen and oxygen atoms in total. The van der Waals surface area contributed by atoms with Crippen LogP contribution in [0.2, 0.25) is 0 Å². The minimum atomic E-state index is -1.07. The van der Waals surface area contributed by atoms with E-state index >= 15 is 0 Å². The molecule has 1 aliphatic heterocycles. The summed E-state index contributed by atoms with van der Waals surface area (Å²) in [4.78, 5) is 28.3. The quantitative estimate of drug-likeness (QED) is 0.225. The average molecular weight is 558 g/mol. The Morgan fingerprint density at radius 3 is 2.29 bits per heavy atom. The molecule has 1 N–H and O–H groups in total. The van der Waals surface area contributed by atoms with Crippen LogP contribution in [0.5, 0.6) is 11.5 Å². The van der Waals surface area contributed by atoms with Crippen molar-refractivity contribution in [3.05, 3.63) is 143 Å². The summed E-state index contributed by atoms with van der Waals surface area (Å²) in [5.74, 6) is -0.254. The maximum atomic E-state index is 14.3. The summed E-state index contributed by atoms with van der Waals surface area (Å²) in [5.41, 5.74) is 4.30. The van der Waals surface area contributed by atoms with Gasteiger partial charge in [-0.1, -0.05) is 103 Å². The number of carboxylic acids is 1. The number of benzene rings is 5. The molecule has 0 saturated carbocycles. The Bertz CT molecular complexity index is 1730. The van der Waals surface area contributed by atoms with Crippen molar-refractivity contribution in [2.75, 3.05) is 0 Å². The van der Waals surface area contributed by atoms with Crippen molar-refractivity contribution < 1.29 is 24.2 Å². The lowest BCUT2D eigenvalue weighted by molar-refractivity contribution is -0.155. The van der Waals surface area contributed by atoms with Gasteiger partial charge in [0, 0.05) is 24.1 Å². The normalized spacial score (nSPS) is 15.1. The van der Waals surface area contributed by atoms with Crippen LogP contribution in [0, 0.1) is 6.92 Å². The van der Waals surface area contributed by atoms with Gasteiger partial charge in [-0.3, -0.25) is 4.79 Å². The van der Waals surface area contributed by atoms with Gasteiger partial charge in [0.25, 0.3) is 5.91 Å². The summed E-state index contributed by atoms with van der Waals surface area (Å²) in [5, 5.41) is 12.4. The van der Waals surface area contributed by atoms with E-state index in [0.717, 1.165) is 33.0 Å². The van der Waals surface area contributed by atoms with E-state index in [2.05, 4.69) is 0 Å². The van der Waals surface area contributed by atoms with E-state index in [0.29, 0.717) is 23.7 Å². The largest absolute Gasteiger partial charge is 0.488 e. The molecule has 1 aliphatic rings. The molecule has 5 aromatic rings. The van der Waals surface area contributed by atoms with Crippen molar-refractivity contribution in [3.8, 4) is 11.5 Å². The Morgan fingerprint density at radius 1 is 0.857 bits per heavy atom. The summed E-state index contributed by atoms with van der Waals surface area (Å²) in [6, 6.07) is 35.5. The topological polar surface area (TPSA) is 76.1 Å². The van der Waals surface area contributed by atoms with Crippen LogP contribution in [0.25, 0.3) is 10.8 Å². The standard InChI is InChI=1S/C36H31NO5/c1-24-16-17-29-22-37(32(36(39)40)21-31(29)33(24)41-23-25-10-4-2-5-11-25)35(38)34(27-13-6-3-7-14-27)42-30-19-18-26-12-8-9-15-28(26)20-30/h2-20,32,34H,21-23H2,1H3,(H,39,40). The molecule has 210 valence electrons. The van der Waals surface area contributed by atoms with E-state index in [1.54, 1.807) is 0 Å². The number of hydrogen-bond donors (Lipinski definition) is 1. The second kappa shape index (κ2) is 11.8. The Hall–Kier alpha value is -5.10. The number of rotatable bonds is 8. The van der Waals surface area contributed by atoms with Crippen LogP contribution in [0.15, 0.2) is 115 Å². The van der Waals surface area contributed by atoms with Crippen molar-refractivity contribution in [1.29, 1.82) is 0 Å². The monoisotopic (exact) mass is 557 g/mol. The molecular formula is C36H31NO5. The fourth-order valence-electron chi connectivity index (χ4n) is 5.55. The van der Waals surface area contributed by atoms with Crippen LogP contribution in [-0.2, 0) is 29.2 Å². The number of hydrogen-bond acceptors (Lipinski definition) is 4. The second-order valence-electron chi connectivity index (χ2n) is 10.6. The molecule has 1 heterocycles. The predicted octanol–water partition coefficient (Wildman–Crippen LogP) is 6.89. The SMILES string of the molecule is Cc1ccc2c(c1OCc1ccccc1)CC(C(=O)O)N(C(=O)C(Oc1ccc3ccccc3c1)c1ccccc1)C2. The summed E-state index contributed by atoms with van der Waals surface area (Å²) < 4.78 is 12.6. The van der Waals surface area contributed by atoms with Gasteiger partial charge in [0.15, 0.2) is 0 Å². The van der Waals surface area contributed by atoms with Crippen molar-refractivity contribution >= 4 is 22.6 Å². The zero-order valence-corrected chi connectivity index (χ0v) is 23.3. The van der Waals surface area contributed by atoms with Gasteiger partial charge in [-0.25, -0.2) is 4.79 Å². The first-order valence-electron chi connectivity index (χ1n) is 14.0. The van der Waals surface area contributed by atoms with Crippen molar-refractivity contribution in [2.24, 2.45) is 0 Å². The highest BCUT2D eigenvalue weighted by molar-refractivity contribution is 5.89. The minimum absolute atomic E-state index is 0.136. The molecule has 0 fully saturated rings. The van der Waals surface area contributed by atoms with E-state index in [9.17, 15) is 14.7 Å². The lowest BCUT2D eigenvalue weighted by Crippen LogP contribution is -2.51. The molecule has 0 saturated heterocycles. The van der Waals surface area contributed by atoms with Gasteiger partial charge in [0.2, 0.25) is 6.10 Å². The zero-order valence-electron chi connectivity index (χ0n) is 23.3. The van der Waals surface area contributed by atoms with E-state index in [1.807, 2.05) is 122 Å². The molecule has 5 aromatic carbocycles. The highest BCUT2D eigenvalue weighted by Gasteiger charge is 2.40. The molecule has 0 bridgehead atoms. The lowest BCUT2D eigenvalue weighted by Gasteiger charge is -2.37. The van der Waals surface area contributed by atoms with Crippen molar-refractivity contribution in [2.45, 2.75) is 38.6 Å². The molecule has 6 rings (SSSR count). The number of aryl methyl sites for hydroxylation is 1. The minimum Gasteiger partial charge on any atom is -0.488 e. The van der Waals surface area contributed by atoms with Crippen molar-refractivity contribution in [1.82, 2.24) is 4.90 Å². The third kappa shape index (κ3) is 5.56. The van der Waals surface area contributed by atoms with Crippen molar-refractivity contribution in [3.63, 3.8) is 0 Å². The smallest absolute Gasteiger partial charge is 0.326 e. The first-order chi connectivity index (χ1) is 20.5. The molecule has 42 heavy (non-hydrogen) atoms. The van der Waals surface area contributed by atoms with E-state index in [-0.39, 0.29) is 13.0 Å². The number of fused-ring (bicyclic) bond motifs is 2. The van der Waals surface area contributed by atoms with Crippen LogP contribution < -0.4 is 9.47 Å². The van der Waals surface area contributed by atoms with Crippen LogP contribution in [0.3, 0.4) is 0 Å². The summed E-state index contributed by atoms with van der Waals surface area (Å²) in [7, 11) is 0. The molecule has 0 spiro atoms. The summed E-state index contributed by atoms with van der Waals surface area (Å²) in [6.45, 7) is 2.46. The highest BCUT2D eigenvalue weighted by atomic mass is 16.5. The van der Waals surface area contributed by atoms with Gasteiger partial charge in [-0.15, -0.1) is 0 Å². The molecule has 6 heteroatoms. The number of amides is 1. The van der Waals surface area contributed by atoms with Crippen LogP contribution in [0.1, 0.15) is 33.9 Å². The zero-order chi connectivity index (χ0) is 29.1. The van der Waals surface area contributed by atoms with Gasteiger partial charge < -0.3 is 19.5 Å². The van der Waals surface area contributed by atoms with Crippen LogP contribution in [-0.4, -0.2) is 27.9 Å². The number of carbonyl (C=O) groups excluding carboxylic acids is 1. The number of aliphatic carboxylic acids is 1. The summed E-state index contributed by atoms with van der Waals surface area (Å²) in [6.07, 6.45) is -0.880. The first-order valence-corrected chi connectivity index (χ1v) is 14.0. The van der Waals surface area contributed by atoms with Crippen LogP contribution >= 0.6 is 0 Å². The molecule has 1 amide bonds. The maximum absolute atomic E-state index is 14.3. The van der Waals surface area contributed by atoms with Gasteiger partial charge in [0.1, 0.15) is 24.1 Å². The second-order valence-corrected chi connectivity index (χ2v) is 10.6. The van der Waals surface area contributed by atoms with E-state index in [4.69, 9.17) is 9.47 Å². The Kier molecular flexibility index (Phi) is 7.60. The van der Waals surface area contributed by atoms with Gasteiger partial charge in [0.05, 0.1) is 0 Å². The average Bonchev–Trinajstić information content (AvgIpc) is 3.03. The number of nitrogens with zero attached hydrogens (tertiary/aromatic N) is 1. The molecular weight excluding hydrogens is 526 g/mol.